The number of anilines is 1. The van der Waals surface area contributed by atoms with Gasteiger partial charge >= 0.3 is 12.0 Å². The largest absolute Gasteiger partial charge is 0.479 e. The van der Waals surface area contributed by atoms with Crippen LogP contribution in [0.2, 0.25) is 0 Å². The summed E-state index contributed by atoms with van der Waals surface area (Å²) in [5.41, 5.74) is 0.610. The molecule has 0 spiro atoms. The van der Waals surface area contributed by atoms with Gasteiger partial charge in [0.25, 0.3) is 0 Å². The Balaban J connectivity index is 2.43. The van der Waals surface area contributed by atoms with Gasteiger partial charge in [0.1, 0.15) is 0 Å². The van der Waals surface area contributed by atoms with Gasteiger partial charge in [0.15, 0.2) is 6.61 Å². The molecule has 0 aliphatic rings. The summed E-state index contributed by atoms with van der Waals surface area (Å²) >= 11 is 0. The summed E-state index contributed by atoms with van der Waals surface area (Å²) in [5.74, 6) is -1.14. The Bertz CT molecular complexity index is 366. The first-order valence-corrected chi connectivity index (χ1v) is 4.54. The van der Waals surface area contributed by atoms with E-state index in [1.165, 1.54) is 7.05 Å². The number of nitrogens with zero attached hydrogens (tertiary/aromatic N) is 1. The van der Waals surface area contributed by atoms with Crippen LogP contribution in [-0.4, -0.2) is 35.8 Å². The minimum atomic E-state index is -1.14. The van der Waals surface area contributed by atoms with Crippen LogP contribution in [0, 0.1) is 0 Å². The van der Waals surface area contributed by atoms with E-state index >= 15 is 0 Å². The number of carbonyl (C=O) groups excluding carboxylic acids is 1. The Kier molecular flexibility index (Phi) is 4.28. The quantitative estimate of drug-likeness (QED) is 0.752. The number of rotatable bonds is 4. The van der Waals surface area contributed by atoms with E-state index in [1.54, 1.807) is 24.3 Å². The summed E-state index contributed by atoms with van der Waals surface area (Å²) in [6, 6.07) is 8.25. The molecule has 6 nitrogen and oxygen atoms in total. The van der Waals surface area contributed by atoms with Crippen LogP contribution in [0.25, 0.3) is 0 Å². The molecular weight excluding hydrogens is 212 g/mol. The van der Waals surface area contributed by atoms with Gasteiger partial charge in [-0.1, -0.05) is 18.2 Å². The predicted molar refractivity (Wildman–Crippen MR) is 56.8 cm³/mol. The fraction of sp³-hybridized carbons (Fsp3) is 0.200. The maximum absolute atomic E-state index is 11.4. The average Bonchev–Trinajstić information content (AvgIpc) is 2.27. The van der Waals surface area contributed by atoms with Crippen LogP contribution in [0.4, 0.5) is 10.5 Å². The Hall–Kier alpha value is -2.08. The van der Waals surface area contributed by atoms with Crippen LogP contribution in [0.3, 0.4) is 0 Å². The number of aliphatic carboxylic acids is 1. The summed E-state index contributed by atoms with van der Waals surface area (Å²) in [6.45, 7) is -0.557. The molecule has 0 radical (unpaired) electrons. The molecule has 0 aliphatic heterocycles. The van der Waals surface area contributed by atoms with Crippen LogP contribution in [0.5, 0.6) is 0 Å². The molecule has 1 aromatic carbocycles. The number of urea groups is 1. The highest BCUT2D eigenvalue weighted by Gasteiger charge is 2.10. The number of carbonyl (C=O) groups is 2. The van der Waals surface area contributed by atoms with Crippen molar-refractivity contribution in [1.29, 1.82) is 0 Å². The molecule has 0 fully saturated rings. The number of carboxylic acid groups (broad SMARTS) is 1. The van der Waals surface area contributed by atoms with Gasteiger partial charge in [-0.05, 0) is 12.1 Å². The third-order valence-electron chi connectivity index (χ3n) is 1.69. The third kappa shape index (κ3) is 3.97. The zero-order chi connectivity index (χ0) is 12.0. The molecule has 2 amide bonds. The minimum absolute atomic E-state index is 0.535. The molecule has 0 aromatic heterocycles. The molecule has 16 heavy (non-hydrogen) atoms. The van der Waals surface area contributed by atoms with Gasteiger partial charge in [-0.3, -0.25) is 4.84 Å². The number of nitrogens with one attached hydrogen (secondary N) is 1. The third-order valence-corrected chi connectivity index (χ3v) is 1.69. The minimum Gasteiger partial charge on any atom is -0.479 e. The molecule has 0 bridgehead atoms. The lowest BCUT2D eigenvalue weighted by Gasteiger charge is -2.16. The number of amides is 2. The number of hydroxylamine groups is 2. The second kappa shape index (κ2) is 5.72. The van der Waals surface area contributed by atoms with Crippen molar-refractivity contribution < 1.29 is 19.5 Å². The smallest absolute Gasteiger partial charge is 0.345 e. The Labute approximate surface area is 92.4 Å². The maximum atomic E-state index is 11.4. The average molecular weight is 224 g/mol. The molecule has 1 aromatic rings. The molecule has 0 atom stereocenters. The van der Waals surface area contributed by atoms with Gasteiger partial charge in [0.2, 0.25) is 0 Å². The van der Waals surface area contributed by atoms with Gasteiger partial charge in [0, 0.05) is 12.7 Å². The zero-order valence-electron chi connectivity index (χ0n) is 8.71. The van der Waals surface area contributed by atoms with Crippen LogP contribution in [0.1, 0.15) is 0 Å². The van der Waals surface area contributed by atoms with E-state index in [9.17, 15) is 9.59 Å². The SMILES string of the molecule is CN(OCC(=O)O)C(=O)Nc1ccccc1. The first-order chi connectivity index (χ1) is 7.59. The molecule has 86 valence electrons. The number of hydrogen-bond acceptors (Lipinski definition) is 3. The number of benzene rings is 1. The van der Waals surface area contributed by atoms with Crippen LogP contribution in [-0.2, 0) is 9.63 Å². The van der Waals surface area contributed by atoms with E-state index in [4.69, 9.17) is 5.11 Å². The standard InChI is InChI=1S/C10H12N2O4/c1-12(16-7-9(13)14)10(15)11-8-5-3-2-4-6-8/h2-6H,7H2,1H3,(H,11,15)(H,13,14). The molecule has 0 saturated carbocycles. The number of hydrogen-bond donors (Lipinski definition) is 2. The van der Waals surface area contributed by atoms with Gasteiger partial charge in [-0.15, -0.1) is 0 Å². The zero-order valence-corrected chi connectivity index (χ0v) is 8.71. The highest BCUT2D eigenvalue weighted by atomic mass is 16.7. The van der Waals surface area contributed by atoms with Crippen molar-refractivity contribution in [2.75, 3.05) is 19.0 Å². The second-order valence-corrected chi connectivity index (χ2v) is 2.96. The fourth-order valence-corrected chi connectivity index (χ4v) is 0.934. The molecule has 0 unspecified atom stereocenters. The van der Waals surface area contributed by atoms with Crippen molar-refractivity contribution >= 4 is 17.7 Å². The first kappa shape index (κ1) is 12.0. The summed E-state index contributed by atoms with van der Waals surface area (Å²) < 4.78 is 0. The molecule has 0 heterocycles. The predicted octanol–water partition coefficient (Wildman–Crippen LogP) is 1.17. The molecule has 0 saturated heterocycles. The van der Waals surface area contributed by atoms with Crippen LogP contribution < -0.4 is 5.32 Å². The van der Waals surface area contributed by atoms with Crippen molar-refractivity contribution in [2.24, 2.45) is 0 Å². The van der Waals surface area contributed by atoms with E-state index in [0.29, 0.717) is 5.69 Å². The van der Waals surface area contributed by atoms with Crippen molar-refractivity contribution in [2.45, 2.75) is 0 Å². The molecule has 1 rings (SSSR count). The Morgan fingerprint density at radius 1 is 1.38 bits per heavy atom. The first-order valence-electron chi connectivity index (χ1n) is 4.54. The van der Waals surface area contributed by atoms with Gasteiger partial charge in [0.05, 0.1) is 0 Å². The summed E-state index contributed by atoms with van der Waals surface area (Å²) in [4.78, 5) is 26.3. The highest BCUT2D eigenvalue weighted by molar-refractivity contribution is 5.88. The Morgan fingerprint density at radius 3 is 2.56 bits per heavy atom. The van der Waals surface area contributed by atoms with Crippen molar-refractivity contribution in [3.05, 3.63) is 30.3 Å². The normalized spacial score (nSPS) is 9.56. The van der Waals surface area contributed by atoms with Gasteiger partial charge < -0.3 is 10.4 Å². The monoisotopic (exact) mass is 224 g/mol. The van der Waals surface area contributed by atoms with Crippen LogP contribution in [0.15, 0.2) is 30.3 Å². The topological polar surface area (TPSA) is 78.9 Å². The van der Waals surface area contributed by atoms with E-state index in [-0.39, 0.29) is 0 Å². The van der Waals surface area contributed by atoms with Gasteiger partial charge in [-0.2, -0.15) is 0 Å². The van der Waals surface area contributed by atoms with E-state index < -0.39 is 18.6 Å². The summed E-state index contributed by atoms with van der Waals surface area (Å²) in [5, 5.41) is 11.7. The molecular formula is C10H12N2O4. The van der Waals surface area contributed by atoms with E-state index in [0.717, 1.165) is 5.06 Å². The lowest BCUT2D eigenvalue weighted by molar-refractivity contribution is -0.158. The number of para-hydroxylation sites is 1. The lowest BCUT2D eigenvalue weighted by atomic mass is 10.3. The molecule has 0 aliphatic carbocycles. The van der Waals surface area contributed by atoms with Crippen LogP contribution >= 0.6 is 0 Å². The molecule has 2 N–H and O–H groups in total. The van der Waals surface area contributed by atoms with Crippen molar-refractivity contribution in [1.82, 2.24) is 5.06 Å². The van der Waals surface area contributed by atoms with E-state index in [1.807, 2.05) is 6.07 Å². The maximum Gasteiger partial charge on any atom is 0.345 e. The van der Waals surface area contributed by atoms with E-state index in [2.05, 4.69) is 10.2 Å². The lowest BCUT2D eigenvalue weighted by Crippen LogP contribution is -2.33. The van der Waals surface area contributed by atoms with Crippen molar-refractivity contribution in [3.8, 4) is 0 Å². The highest BCUT2D eigenvalue weighted by Crippen LogP contribution is 2.05. The van der Waals surface area contributed by atoms with Crippen molar-refractivity contribution in [3.63, 3.8) is 0 Å². The second-order valence-electron chi connectivity index (χ2n) is 2.96. The summed E-state index contributed by atoms with van der Waals surface area (Å²) in [6.07, 6.45) is 0. The number of carboxylic acids is 1. The van der Waals surface area contributed by atoms with Gasteiger partial charge in [-0.25, -0.2) is 14.7 Å². The fourth-order valence-electron chi connectivity index (χ4n) is 0.934. The summed E-state index contributed by atoms with van der Waals surface area (Å²) in [7, 11) is 1.33. The molecule has 6 heteroatoms. The Morgan fingerprint density at radius 2 is 2.00 bits per heavy atom.